The molecule has 0 saturated carbocycles. The van der Waals surface area contributed by atoms with Crippen molar-refractivity contribution in [3.63, 3.8) is 0 Å². The summed E-state index contributed by atoms with van der Waals surface area (Å²) >= 11 is 0. The lowest BCUT2D eigenvalue weighted by Crippen LogP contribution is -2.01. The summed E-state index contributed by atoms with van der Waals surface area (Å²) in [5, 5.41) is 10.6. The van der Waals surface area contributed by atoms with Gasteiger partial charge in [-0.1, -0.05) is 66.7 Å². The Hall–Kier alpha value is -3.24. The molecule has 26 heavy (non-hydrogen) atoms. The van der Waals surface area contributed by atoms with E-state index in [0.29, 0.717) is 17.1 Å². The average Bonchev–Trinajstić information content (AvgIpc) is 3.18. The predicted molar refractivity (Wildman–Crippen MR) is 99.9 cm³/mol. The minimum absolute atomic E-state index is 0.310. The molecule has 0 fully saturated rings. The van der Waals surface area contributed by atoms with Gasteiger partial charge in [0.1, 0.15) is 17.7 Å². The van der Waals surface area contributed by atoms with Gasteiger partial charge in [-0.3, -0.25) is 0 Å². The van der Waals surface area contributed by atoms with Crippen LogP contribution in [-0.4, -0.2) is 15.1 Å². The fraction of sp³-hybridized carbons (Fsp3) is 0.0455. The van der Waals surface area contributed by atoms with Crippen LogP contribution in [0.15, 0.2) is 85.1 Å². The first-order valence-electron chi connectivity index (χ1n) is 8.35. The molecule has 4 aromatic rings. The van der Waals surface area contributed by atoms with Crippen LogP contribution in [0.5, 0.6) is 0 Å². The normalized spacial score (nSPS) is 12.1. The van der Waals surface area contributed by atoms with Crippen LogP contribution in [0.1, 0.15) is 17.5 Å². The number of imidazole rings is 1. The third-order valence-corrected chi connectivity index (χ3v) is 4.32. The van der Waals surface area contributed by atoms with E-state index in [9.17, 15) is 9.50 Å². The van der Waals surface area contributed by atoms with Gasteiger partial charge in [0, 0.05) is 5.56 Å². The van der Waals surface area contributed by atoms with Crippen LogP contribution in [0.3, 0.4) is 0 Å². The number of H-pyrrole nitrogens is 1. The maximum atomic E-state index is 13.4. The smallest absolute Gasteiger partial charge is 0.140 e. The SMILES string of the molecule is OC(c1ccc(-c2ccccc2)cc1)c1ncc(-c2cccc(F)c2)[nH]1. The predicted octanol–water partition coefficient (Wildman–Crippen LogP) is 4.96. The van der Waals surface area contributed by atoms with Crippen LogP contribution < -0.4 is 0 Å². The Morgan fingerprint density at radius 2 is 1.50 bits per heavy atom. The number of hydrogen-bond donors (Lipinski definition) is 2. The number of rotatable bonds is 4. The summed E-state index contributed by atoms with van der Waals surface area (Å²) in [6.45, 7) is 0. The maximum absolute atomic E-state index is 13.4. The van der Waals surface area contributed by atoms with Crippen molar-refractivity contribution >= 4 is 0 Å². The van der Waals surface area contributed by atoms with Gasteiger partial charge in [-0.15, -0.1) is 0 Å². The van der Waals surface area contributed by atoms with Gasteiger partial charge in [0.25, 0.3) is 0 Å². The minimum Gasteiger partial charge on any atom is -0.380 e. The van der Waals surface area contributed by atoms with E-state index in [-0.39, 0.29) is 5.82 Å². The molecule has 0 aliphatic carbocycles. The molecule has 0 aliphatic heterocycles. The number of aromatic nitrogens is 2. The van der Waals surface area contributed by atoms with Crippen LogP contribution >= 0.6 is 0 Å². The molecule has 3 nitrogen and oxygen atoms in total. The molecule has 4 heteroatoms. The fourth-order valence-corrected chi connectivity index (χ4v) is 2.92. The summed E-state index contributed by atoms with van der Waals surface area (Å²) in [5.41, 5.74) is 4.31. The molecular formula is C22H17FN2O. The summed E-state index contributed by atoms with van der Waals surface area (Å²) in [5.74, 6) is 0.118. The lowest BCUT2D eigenvalue weighted by molar-refractivity contribution is 0.211. The molecule has 2 N–H and O–H groups in total. The van der Waals surface area contributed by atoms with Crippen molar-refractivity contribution in [3.05, 3.63) is 102 Å². The molecule has 3 aromatic carbocycles. The number of aromatic amines is 1. The number of hydrogen-bond acceptors (Lipinski definition) is 2. The Morgan fingerprint density at radius 3 is 2.23 bits per heavy atom. The maximum Gasteiger partial charge on any atom is 0.140 e. The molecule has 0 saturated heterocycles. The molecule has 1 atom stereocenters. The van der Waals surface area contributed by atoms with Gasteiger partial charge in [0.2, 0.25) is 0 Å². The molecule has 1 unspecified atom stereocenters. The van der Waals surface area contributed by atoms with Gasteiger partial charge in [-0.25, -0.2) is 9.37 Å². The number of nitrogens with zero attached hydrogens (tertiary/aromatic N) is 1. The van der Waals surface area contributed by atoms with Gasteiger partial charge in [-0.05, 0) is 28.8 Å². The second kappa shape index (κ2) is 6.94. The summed E-state index contributed by atoms with van der Waals surface area (Å²) in [7, 11) is 0. The van der Waals surface area contributed by atoms with Crippen LogP contribution in [0.2, 0.25) is 0 Å². The van der Waals surface area contributed by atoms with E-state index in [1.807, 2.05) is 54.6 Å². The van der Waals surface area contributed by atoms with Crippen molar-refractivity contribution in [1.82, 2.24) is 9.97 Å². The van der Waals surface area contributed by atoms with Gasteiger partial charge >= 0.3 is 0 Å². The van der Waals surface area contributed by atoms with Crippen LogP contribution in [0.4, 0.5) is 4.39 Å². The molecule has 4 rings (SSSR count). The van der Waals surface area contributed by atoms with Gasteiger partial charge < -0.3 is 10.1 Å². The minimum atomic E-state index is -0.873. The first-order valence-corrected chi connectivity index (χ1v) is 8.35. The first kappa shape index (κ1) is 16.2. The second-order valence-corrected chi connectivity index (χ2v) is 6.08. The van der Waals surface area contributed by atoms with Crippen LogP contribution in [0.25, 0.3) is 22.4 Å². The van der Waals surface area contributed by atoms with Crippen molar-refractivity contribution in [1.29, 1.82) is 0 Å². The monoisotopic (exact) mass is 344 g/mol. The third kappa shape index (κ3) is 3.27. The van der Waals surface area contributed by atoms with Crippen LogP contribution in [-0.2, 0) is 0 Å². The topological polar surface area (TPSA) is 48.9 Å². The molecule has 128 valence electrons. The standard InChI is InChI=1S/C22H17FN2O/c23-19-8-4-7-18(13-19)20-14-24-22(25-20)21(26)17-11-9-16(10-12-17)15-5-2-1-3-6-15/h1-14,21,26H,(H,24,25). The number of halogens is 1. The highest BCUT2D eigenvalue weighted by atomic mass is 19.1. The summed E-state index contributed by atoms with van der Waals surface area (Å²) < 4.78 is 13.4. The van der Waals surface area contributed by atoms with Gasteiger partial charge in [0.05, 0.1) is 11.9 Å². The molecular weight excluding hydrogens is 327 g/mol. The van der Waals surface area contributed by atoms with E-state index in [1.54, 1.807) is 18.3 Å². The lowest BCUT2D eigenvalue weighted by atomic mass is 10.0. The van der Waals surface area contributed by atoms with Crippen molar-refractivity contribution < 1.29 is 9.50 Å². The summed E-state index contributed by atoms with van der Waals surface area (Å²) in [4.78, 5) is 7.32. The molecule has 1 heterocycles. The highest BCUT2D eigenvalue weighted by Gasteiger charge is 2.15. The Bertz CT molecular complexity index is 1010. The molecule has 0 aliphatic rings. The first-order chi connectivity index (χ1) is 12.7. The molecule has 0 spiro atoms. The zero-order valence-electron chi connectivity index (χ0n) is 13.9. The van der Waals surface area contributed by atoms with E-state index in [1.165, 1.54) is 12.1 Å². The quantitative estimate of drug-likeness (QED) is 0.549. The number of benzene rings is 3. The average molecular weight is 344 g/mol. The number of aliphatic hydroxyl groups excluding tert-OH is 1. The zero-order chi connectivity index (χ0) is 17.9. The van der Waals surface area contributed by atoms with Crippen LogP contribution in [0, 0.1) is 5.82 Å². The molecule has 1 aromatic heterocycles. The molecule has 0 bridgehead atoms. The Balaban J connectivity index is 1.57. The van der Waals surface area contributed by atoms with Crippen molar-refractivity contribution in [2.75, 3.05) is 0 Å². The van der Waals surface area contributed by atoms with Gasteiger partial charge in [-0.2, -0.15) is 0 Å². The van der Waals surface area contributed by atoms with E-state index in [2.05, 4.69) is 9.97 Å². The third-order valence-electron chi connectivity index (χ3n) is 4.32. The molecule has 0 radical (unpaired) electrons. The largest absolute Gasteiger partial charge is 0.380 e. The second-order valence-electron chi connectivity index (χ2n) is 6.08. The summed E-state index contributed by atoms with van der Waals surface area (Å²) in [6, 6.07) is 24.0. The van der Waals surface area contributed by atoms with E-state index >= 15 is 0 Å². The fourth-order valence-electron chi connectivity index (χ4n) is 2.92. The lowest BCUT2D eigenvalue weighted by Gasteiger charge is -2.09. The highest BCUT2D eigenvalue weighted by molar-refractivity contribution is 5.63. The Kier molecular flexibility index (Phi) is 4.33. The highest BCUT2D eigenvalue weighted by Crippen LogP contribution is 2.26. The van der Waals surface area contributed by atoms with Gasteiger partial charge in [0.15, 0.2) is 0 Å². The Morgan fingerprint density at radius 1 is 0.808 bits per heavy atom. The molecule has 0 amide bonds. The Labute approximate surface area is 150 Å². The van der Waals surface area contributed by atoms with E-state index in [4.69, 9.17) is 0 Å². The summed E-state index contributed by atoms with van der Waals surface area (Å²) in [6.07, 6.45) is 0.730. The van der Waals surface area contributed by atoms with Crippen molar-refractivity contribution in [2.45, 2.75) is 6.10 Å². The van der Waals surface area contributed by atoms with Crippen molar-refractivity contribution in [2.24, 2.45) is 0 Å². The number of aliphatic hydroxyl groups is 1. The van der Waals surface area contributed by atoms with Crippen molar-refractivity contribution in [3.8, 4) is 22.4 Å². The number of nitrogens with one attached hydrogen (secondary N) is 1. The zero-order valence-corrected chi connectivity index (χ0v) is 13.9. The van der Waals surface area contributed by atoms with E-state index < -0.39 is 6.10 Å². The van der Waals surface area contributed by atoms with E-state index in [0.717, 1.165) is 16.7 Å².